The molecule has 0 unspecified atom stereocenters. The lowest BCUT2D eigenvalue weighted by Gasteiger charge is -2.18. The van der Waals surface area contributed by atoms with E-state index in [2.05, 4.69) is 20.8 Å². The summed E-state index contributed by atoms with van der Waals surface area (Å²) in [4.78, 5) is 38.5. The van der Waals surface area contributed by atoms with Crippen molar-refractivity contribution < 1.29 is 28.6 Å². The lowest BCUT2D eigenvalue weighted by molar-refractivity contribution is -0.167. The highest BCUT2D eigenvalue weighted by Crippen LogP contribution is 2.20. The SMILES string of the molecule is CCCCCCCCCCCCCCCCCCCCCCC(=O)OCC(COC(=O)CCCCCCCCCCCCCCCCCCCCCC)OC(=O)CCCCCCCCCCCCCCCCCCCCCC. The Balaban J connectivity index is 4.27. The molecule has 6 nitrogen and oxygen atoms in total. The van der Waals surface area contributed by atoms with Gasteiger partial charge >= 0.3 is 17.9 Å². The first-order valence-electron chi connectivity index (χ1n) is 36.0. The van der Waals surface area contributed by atoms with Crippen molar-refractivity contribution in [2.24, 2.45) is 0 Å². The molecule has 78 heavy (non-hydrogen) atoms. The molecule has 0 saturated heterocycles. The summed E-state index contributed by atoms with van der Waals surface area (Å²) in [5.74, 6) is -0.816. The lowest BCUT2D eigenvalue weighted by Crippen LogP contribution is -2.30. The van der Waals surface area contributed by atoms with E-state index in [0.717, 1.165) is 57.8 Å². The van der Waals surface area contributed by atoms with Gasteiger partial charge in [-0.15, -0.1) is 0 Å². The maximum atomic E-state index is 13.0. The van der Waals surface area contributed by atoms with Crippen LogP contribution in [0.2, 0.25) is 0 Å². The first-order valence-corrected chi connectivity index (χ1v) is 36.0. The zero-order valence-corrected chi connectivity index (χ0v) is 53.5. The van der Waals surface area contributed by atoms with Gasteiger partial charge in [-0.25, -0.2) is 0 Å². The largest absolute Gasteiger partial charge is 0.462 e. The fourth-order valence-electron chi connectivity index (χ4n) is 11.5. The van der Waals surface area contributed by atoms with E-state index in [1.54, 1.807) is 0 Å². The fourth-order valence-corrected chi connectivity index (χ4v) is 11.5. The molecule has 6 heteroatoms. The van der Waals surface area contributed by atoms with Gasteiger partial charge in [0, 0.05) is 19.3 Å². The lowest BCUT2D eigenvalue weighted by atomic mass is 10.0. The molecule has 0 spiro atoms. The van der Waals surface area contributed by atoms with Gasteiger partial charge < -0.3 is 14.2 Å². The van der Waals surface area contributed by atoms with Crippen LogP contribution in [-0.2, 0) is 28.6 Å². The molecule has 0 saturated carbocycles. The molecule has 0 N–H and O–H groups in total. The molecule has 0 atom stereocenters. The third kappa shape index (κ3) is 65.2. The molecule has 0 aliphatic rings. The van der Waals surface area contributed by atoms with Gasteiger partial charge in [-0.2, -0.15) is 0 Å². The van der Waals surface area contributed by atoms with Crippen LogP contribution in [0.15, 0.2) is 0 Å². The maximum Gasteiger partial charge on any atom is 0.306 e. The molecule has 0 rings (SSSR count). The average Bonchev–Trinajstić information content (AvgIpc) is 3.44. The van der Waals surface area contributed by atoms with Gasteiger partial charge in [0.2, 0.25) is 0 Å². The first kappa shape index (κ1) is 76.4. The van der Waals surface area contributed by atoms with Gasteiger partial charge in [-0.05, 0) is 19.3 Å². The highest BCUT2D eigenvalue weighted by atomic mass is 16.6. The Morgan fingerprint density at radius 1 is 0.205 bits per heavy atom. The molecular formula is C72H140O6. The summed E-state index contributed by atoms with van der Waals surface area (Å²) in [6, 6.07) is 0. The minimum atomic E-state index is -0.764. The molecule has 0 aliphatic heterocycles. The predicted molar refractivity (Wildman–Crippen MR) is 340 cm³/mol. The molecule has 0 aromatic heterocycles. The summed E-state index contributed by atoms with van der Waals surface area (Å²) < 4.78 is 17.0. The van der Waals surface area contributed by atoms with E-state index in [1.165, 1.54) is 327 Å². The van der Waals surface area contributed by atoms with Crippen molar-refractivity contribution in [3.8, 4) is 0 Å². The van der Waals surface area contributed by atoms with Crippen LogP contribution in [0.3, 0.4) is 0 Å². The van der Waals surface area contributed by atoms with Crippen molar-refractivity contribution in [2.45, 2.75) is 431 Å². The van der Waals surface area contributed by atoms with Crippen LogP contribution in [0.5, 0.6) is 0 Å². The number of hydrogen-bond acceptors (Lipinski definition) is 6. The van der Waals surface area contributed by atoms with Crippen molar-refractivity contribution in [2.75, 3.05) is 13.2 Å². The zero-order valence-electron chi connectivity index (χ0n) is 53.5. The van der Waals surface area contributed by atoms with Crippen LogP contribution < -0.4 is 0 Å². The van der Waals surface area contributed by atoms with Crippen molar-refractivity contribution in [1.29, 1.82) is 0 Å². The Morgan fingerprint density at radius 3 is 0.513 bits per heavy atom. The molecule has 0 heterocycles. The smallest absolute Gasteiger partial charge is 0.306 e. The second-order valence-corrected chi connectivity index (χ2v) is 24.9. The van der Waals surface area contributed by atoms with Gasteiger partial charge in [0.25, 0.3) is 0 Å². The van der Waals surface area contributed by atoms with Crippen molar-refractivity contribution >= 4 is 17.9 Å². The number of unbranched alkanes of at least 4 members (excludes halogenated alkanes) is 57. The number of carbonyl (C=O) groups excluding carboxylic acids is 3. The molecule has 0 radical (unpaired) electrons. The first-order chi connectivity index (χ1) is 38.5. The van der Waals surface area contributed by atoms with E-state index in [9.17, 15) is 14.4 Å². The van der Waals surface area contributed by atoms with Crippen LogP contribution in [0, 0.1) is 0 Å². The Labute approximate surface area is 488 Å². The molecule has 0 amide bonds. The summed E-state index contributed by atoms with van der Waals surface area (Å²) in [7, 11) is 0. The summed E-state index contributed by atoms with van der Waals surface area (Å²) in [5.41, 5.74) is 0. The van der Waals surface area contributed by atoms with Gasteiger partial charge in [0.1, 0.15) is 13.2 Å². The molecule has 0 bridgehead atoms. The topological polar surface area (TPSA) is 78.9 Å². The summed E-state index contributed by atoms with van der Waals surface area (Å²) >= 11 is 0. The molecule has 0 aliphatic carbocycles. The molecule has 0 aromatic carbocycles. The van der Waals surface area contributed by atoms with Crippen molar-refractivity contribution in [3.63, 3.8) is 0 Å². The maximum absolute atomic E-state index is 13.0. The molecule has 0 fully saturated rings. The van der Waals surface area contributed by atoms with E-state index < -0.39 is 6.10 Å². The molecule has 0 aromatic rings. The number of carbonyl (C=O) groups is 3. The third-order valence-corrected chi connectivity index (χ3v) is 16.9. The standard InChI is InChI=1S/C72H140O6/c1-4-7-10-13-16-19-22-25-28-31-34-37-40-43-46-49-52-55-58-61-64-70(73)76-67-69(78-72(75)66-63-60-57-54-51-48-45-42-39-36-33-30-27-24-21-18-15-12-9-6-3)68-77-71(74)65-62-59-56-53-50-47-44-41-38-35-32-29-26-23-20-17-14-11-8-5-2/h69H,4-68H2,1-3H3. The third-order valence-electron chi connectivity index (χ3n) is 16.9. The fraction of sp³-hybridized carbons (Fsp3) is 0.958. The molecule has 464 valence electrons. The van der Waals surface area contributed by atoms with Gasteiger partial charge in [-0.1, -0.05) is 387 Å². The monoisotopic (exact) mass is 1100 g/mol. The Kier molecular flexibility index (Phi) is 66.5. The average molecular weight is 1100 g/mol. The Bertz CT molecular complexity index is 1110. The van der Waals surface area contributed by atoms with Crippen molar-refractivity contribution in [1.82, 2.24) is 0 Å². The minimum absolute atomic E-state index is 0.0599. The van der Waals surface area contributed by atoms with Gasteiger partial charge in [0.05, 0.1) is 0 Å². The highest BCUT2D eigenvalue weighted by Gasteiger charge is 2.20. The number of esters is 3. The van der Waals surface area contributed by atoms with E-state index >= 15 is 0 Å². The summed E-state index contributed by atoms with van der Waals surface area (Å²) in [6.07, 6.45) is 79.9. The van der Waals surface area contributed by atoms with E-state index in [0.29, 0.717) is 19.3 Å². The van der Waals surface area contributed by atoms with E-state index in [1.807, 2.05) is 0 Å². The van der Waals surface area contributed by atoms with Crippen LogP contribution >= 0.6 is 0 Å². The zero-order chi connectivity index (χ0) is 56.4. The number of ether oxygens (including phenoxy) is 3. The number of hydrogen-bond donors (Lipinski definition) is 0. The molecular weight excluding hydrogens is 961 g/mol. The summed E-state index contributed by atoms with van der Waals surface area (Å²) in [6.45, 7) is 6.76. The van der Waals surface area contributed by atoms with E-state index in [-0.39, 0.29) is 31.1 Å². The van der Waals surface area contributed by atoms with Crippen molar-refractivity contribution in [3.05, 3.63) is 0 Å². The predicted octanol–water partition coefficient (Wildman–Crippen LogP) is 24.6. The van der Waals surface area contributed by atoms with Crippen LogP contribution in [-0.4, -0.2) is 37.2 Å². The second-order valence-electron chi connectivity index (χ2n) is 24.9. The van der Waals surface area contributed by atoms with Gasteiger partial charge in [-0.3, -0.25) is 14.4 Å². The van der Waals surface area contributed by atoms with E-state index in [4.69, 9.17) is 14.2 Å². The highest BCUT2D eigenvalue weighted by molar-refractivity contribution is 5.71. The Hall–Kier alpha value is -1.59. The quantitative estimate of drug-likeness (QED) is 0.0343. The Morgan fingerprint density at radius 2 is 0.346 bits per heavy atom. The van der Waals surface area contributed by atoms with Gasteiger partial charge in [0.15, 0.2) is 6.10 Å². The van der Waals surface area contributed by atoms with Crippen LogP contribution in [0.25, 0.3) is 0 Å². The number of rotatable bonds is 68. The normalized spacial score (nSPS) is 11.5. The summed E-state index contributed by atoms with van der Waals surface area (Å²) in [5, 5.41) is 0. The van der Waals surface area contributed by atoms with Crippen LogP contribution in [0.1, 0.15) is 425 Å². The van der Waals surface area contributed by atoms with Crippen LogP contribution in [0.4, 0.5) is 0 Å². The second kappa shape index (κ2) is 67.9. The minimum Gasteiger partial charge on any atom is -0.462 e.